The summed E-state index contributed by atoms with van der Waals surface area (Å²) in [5.74, 6) is 0.887. The fourth-order valence-corrected chi connectivity index (χ4v) is 2.69. The highest BCUT2D eigenvalue weighted by Crippen LogP contribution is 2.25. The van der Waals surface area contributed by atoms with E-state index in [1.165, 1.54) is 0 Å². The summed E-state index contributed by atoms with van der Waals surface area (Å²) in [5.41, 5.74) is 0.410. The number of likely N-dealkylation sites (N-methyl/N-ethyl adjacent to an activating group) is 1. The van der Waals surface area contributed by atoms with Crippen molar-refractivity contribution in [2.75, 3.05) is 39.1 Å². The molecule has 2 rings (SSSR count). The van der Waals surface area contributed by atoms with Gasteiger partial charge < -0.3 is 20.3 Å². The molecule has 1 unspecified atom stereocenters. The SMILES string of the molecule is CCC1(C(=O)Nc2ccc(OCCN(C)C)cc2)CCCN1.Cl.Cl. The third-order valence-corrected chi connectivity index (χ3v) is 4.20. The van der Waals surface area contributed by atoms with Crippen molar-refractivity contribution >= 4 is 36.4 Å². The second-order valence-corrected chi connectivity index (χ2v) is 6.10. The first-order chi connectivity index (χ1) is 10.6. The Labute approximate surface area is 157 Å². The summed E-state index contributed by atoms with van der Waals surface area (Å²) >= 11 is 0. The molecular weight excluding hydrogens is 349 g/mol. The number of hydrogen-bond acceptors (Lipinski definition) is 4. The van der Waals surface area contributed by atoms with E-state index in [-0.39, 0.29) is 30.7 Å². The lowest BCUT2D eigenvalue weighted by molar-refractivity contribution is -0.122. The van der Waals surface area contributed by atoms with Gasteiger partial charge in [-0.3, -0.25) is 4.79 Å². The van der Waals surface area contributed by atoms with Gasteiger partial charge in [-0.15, -0.1) is 24.8 Å². The molecule has 0 aromatic heterocycles. The zero-order valence-electron chi connectivity index (χ0n) is 14.6. The maximum Gasteiger partial charge on any atom is 0.244 e. The first-order valence-electron chi connectivity index (χ1n) is 8.00. The fraction of sp³-hybridized carbons (Fsp3) is 0.588. The number of rotatable bonds is 7. The molecule has 1 amide bonds. The van der Waals surface area contributed by atoms with Crippen LogP contribution in [0, 0.1) is 0 Å². The molecular formula is C17H29Cl2N3O2. The Balaban J connectivity index is 0.00000264. The van der Waals surface area contributed by atoms with Crippen molar-refractivity contribution < 1.29 is 9.53 Å². The minimum absolute atomic E-state index is 0. The van der Waals surface area contributed by atoms with Gasteiger partial charge in [-0.2, -0.15) is 0 Å². The molecule has 138 valence electrons. The van der Waals surface area contributed by atoms with Crippen molar-refractivity contribution in [2.24, 2.45) is 0 Å². The molecule has 1 fully saturated rings. The zero-order chi connectivity index (χ0) is 16.0. The minimum Gasteiger partial charge on any atom is -0.492 e. The molecule has 0 saturated carbocycles. The summed E-state index contributed by atoms with van der Waals surface area (Å²) in [4.78, 5) is 14.6. The molecule has 1 heterocycles. The summed E-state index contributed by atoms with van der Waals surface area (Å²) < 4.78 is 5.65. The Morgan fingerprint density at radius 3 is 2.46 bits per heavy atom. The molecule has 1 aliphatic heterocycles. The monoisotopic (exact) mass is 377 g/mol. The molecule has 1 aromatic carbocycles. The summed E-state index contributed by atoms with van der Waals surface area (Å²) in [7, 11) is 4.03. The van der Waals surface area contributed by atoms with Crippen LogP contribution in [-0.2, 0) is 4.79 Å². The van der Waals surface area contributed by atoms with Gasteiger partial charge in [0.15, 0.2) is 0 Å². The van der Waals surface area contributed by atoms with Gasteiger partial charge >= 0.3 is 0 Å². The summed E-state index contributed by atoms with van der Waals surface area (Å²) in [6.07, 6.45) is 2.77. The fourth-order valence-electron chi connectivity index (χ4n) is 2.69. The molecule has 1 saturated heterocycles. The Morgan fingerprint density at radius 2 is 1.96 bits per heavy atom. The van der Waals surface area contributed by atoms with E-state index in [1.807, 2.05) is 38.4 Å². The average Bonchev–Trinajstić information content (AvgIpc) is 2.99. The third-order valence-electron chi connectivity index (χ3n) is 4.20. The standard InChI is InChI=1S/C17H27N3O2.2ClH/c1-4-17(10-5-11-18-17)16(21)19-14-6-8-15(9-7-14)22-13-12-20(2)3;;/h6-9,18H,4-5,10-13H2,1-3H3,(H,19,21);2*1H. The highest BCUT2D eigenvalue weighted by molar-refractivity contribution is 5.98. The molecule has 0 spiro atoms. The molecule has 5 nitrogen and oxygen atoms in total. The molecule has 7 heteroatoms. The van der Waals surface area contributed by atoms with Crippen LogP contribution in [0.3, 0.4) is 0 Å². The van der Waals surface area contributed by atoms with E-state index in [9.17, 15) is 4.79 Å². The van der Waals surface area contributed by atoms with E-state index < -0.39 is 5.54 Å². The smallest absolute Gasteiger partial charge is 0.244 e. The largest absolute Gasteiger partial charge is 0.492 e. The topological polar surface area (TPSA) is 53.6 Å². The minimum atomic E-state index is -0.402. The van der Waals surface area contributed by atoms with Crippen LogP contribution in [0.4, 0.5) is 5.69 Å². The van der Waals surface area contributed by atoms with E-state index in [4.69, 9.17) is 4.74 Å². The summed E-state index contributed by atoms with van der Waals surface area (Å²) in [6, 6.07) is 7.57. The van der Waals surface area contributed by atoms with Crippen LogP contribution in [-0.4, -0.2) is 50.1 Å². The highest BCUT2D eigenvalue weighted by Gasteiger charge is 2.38. The number of anilines is 1. The first-order valence-corrected chi connectivity index (χ1v) is 8.00. The molecule has 1 aliphatic rings. The quantitative estimate of drug-likeness (QED) is 0.766. The number of nitrogens with one attached hydrogen (secondary N) is 2. The van der Waals surface area contributed by atoms with Crippen LogP contribution in [0.1, 0.15) is 26.2 Å². The van der Waals surface area contributed by atoms with Crippen LogP contribution in [0.2, 0.25) is 0 Å². The van der Waals surface area contributed by atoms with Crippen LogP contribution in [0.25, 0.3) is 0 Å². The highest BCUT2D eigenvalue weighted by atomic mass is 35.5. The number of carbonyl (C=O) groups is 1. The number of benzene rings is 1. The van der Waals surface area contributed by atoms with Crippen LogP contribution in [0.5, 0.6) is 5.75 Å². The number of amides is 1. The van der Waals surface area contributed by atoms with E-state index in [1.54, 1.807) is 0 Å². The second-order valence-electron chi connectivity index (χ2n) is 6.10. The van der Waals surface area contributed by atoms with E-state index >= 15 is 0 Å². The van der Waals surface area contributed by atoms with Crippen molar-refractivity contribution in [3.63, 3.8) is 0 Å². The van der Waals surface area contributed by atoms with Gasteiger partial charge in [0.25, 0.3) is 0 Å². The maximum absolute atomic E-state index is 12.5. The third kappa shape index (κ3) is 6.13. The van der Waals surface area contributed by atoms with Crippen LogP contribution in [0.15, 0.2) is 24.3 Å². The van der Waals surface area contributed by atoms with E-state index in [2.05, 4.69) is 22.5 Å². The molecule has 2 N–H and O–H groups in total. The van der Waals surface area contributed by atoms with Gasteiger partial charge in [0.2, 0.25) is 5.91 Å². The number of nitrogens with zero attached hydrogens (tertiary/aromatic N) is 1. The predicted octanol–water partition coefficient (Wildman–Crippen LogP) is 2.94. The lowest BCUT2D eigenvalue weighted by Crippen LogP contribution is -2.50. The Bertz CT molecular complexity index is 489. The number of halogens is 2. The number of ether oxygens (including phenoxy) is 1. The number of hydrogen-bond donors (Lipinski definition) is 2. The van der Waals surface area contributed by atoms with Crippen molar-refractivity contribution in [3.05, 3.63) is 24.3 Å². The molecule has 1 atom stereocenters. The predicted molar refractivity (Wildman–Crippen MR) is 104 cm³/mol. The Morgan fingerprint density at radius 1 is 1.29 bits per heavy atom. The molecule has 24 heavy (non-hydrogen) atoms. The van der Waals surface area contributed by atoms with Gasteiger partial charge in [-0.25, -0.2) is 0 Å². The van der Waals surface area contributed by atoms with E-state index in [0.717, 1.165) is 43.8 Å². The zero-order valence-corrected chi connectivity index (χ0v) is 16.3. The Kier molecular flexibility index (Phi) is 10.3. The first kappa shape index (κ1) is 23.0. The summed E-state index contributed by atoms with van der Waals surface area (Å²) in [6.45, 7) is 4.50. The average molecular weight is 378 g/mol. The van der Waals surface area contributed by atoms with Gasteiger partial charge in [0.05, 0.1) is 5.54 Å². The molecule has 1 aromatic rings. The van der Waals surface area contributed by atoms with Crippen molar-refractivity contribution in [1.82, 2.24) is 10.2 Å². The van der Waals surface area contributed by atoms with Crippen LogP contribution < -0.4 is 15.4 Å². The second kappa shape index (κ2) is 10.8. The molecule has 0 bridgehead atoms. The van der Waals surface area contributed by atoms with Crippen molar-refractivity contribution in [1.29, 1.82) is 0 Å². The van der Waals surface area contributed by atoms with Gasteiger partial charge in [-0.05, 0) is 64.2 Å². The lowest BCUT2D eigenvalue weighted by Gasteiger charge is -2.26. The van der Waals surface area contributed by atoms with Crippen LogP contribution >= 0.6 is 24.8 Å². The number of carbonyl (C=O) groups excluding carboxylic acids is 1. The lowest BCUT2D eigenvalue weighted by atomic mass is 9.93. The van der Waals surface area contributed by atoms with Crippen molar-refractivity contribution in [3.8, 4) is 5.75 Å². The molecule has 0 aliphatic carbocycles. The van der Waals surface area contributed by atoms with E-state index in [0.29, 0.717) is 6.61 Å². The van der Waals surface area contributed by atoms with Crippen molar-refractivity contribution in [2.45, 2.75) is 31.7 Å². The van der Waals surface area contributed by atoms with Gasteiger partial charge in [0, 0.05) is 12.2 Å². The van der Waals surface area contributed by atoms with Gasteiger partial charge in [0.1, 0.15) is 12.4 Å². The normalized spacial score (nSPS) is 19.3. The maximum atomic E-state index is 12.5. The molecule has 0 radical (unpaired) electrons. The van der Waals surface area contributed by atoms with Gasteiger partial charge in [-0.1, -0.05) is 6.92 Å². The summed E-state index contributed by atoms with van der Waals surface area (Å²) in [5, 5.41) is 6.36. The Hall–Kier alpha value is -1.01.